The molecule has 1 atom stereocenters. The molecule has 0 aromatic rings. The summed E-state index contributed by atoms with van der Waals surface area (Å²) in [6, 6.07) is 0. The van der Waals surface area contributed by atoms with Gasteiger partial charge in [0.1, 0.15) is 0 Å². The first kappa shape index (κ1) is 14.5. The average molecular weight is 320 g/mol. The van der Waals surface area contributed by atoms with Crippen LogP contribution in [0.15, 0.2) is 18.1 Å². The number of hydrogen-bond donors (Lipinski definition) is 0. The van der Waals surface area contributed by atoms with Gasteiger partial charge >= 0.3 is 23.4 Å². The van der Waals surface area contributed by atoms with E-state index in [2.05, 4.69) is 18.1 Å². The standard InChI is InChI=1S/C2H5F5N4OP4/c1-2-12-16(7)9-13-8-14(3,4)10-15(5,6)11-16/h2H2,1H3. The van der Waals surface area contributed by atoms with Gasteiger partial charge in [0.25, 0.3) is 0 Å². The highest BCUT2D eigenvalue weighted by molar-refractivity contribution is 7.74. The zero-order valence-electron chi connectivity index (χ0n) is 7.58. The third-order valence-corrected chi connectivity index (χ3v) is 7.46. The lowest BCUT2D eigenvalue weighted by Gasteiger charge is -2.10. The SMILES string of the molecule is CCOP1(F)=NP(F)(F)=NP(F)(F)=NP=N1. The molecule has 0 bridgehead atoms. The highest BCUT2D eigenvalue weighted by Gasteiger charge is 2.33. The molecular weight excluding hydrogens is 315 g/mol. The molecule has 0 saturated heterocycles. The van der Waals surface area contributed by atoms with Gasteiger partial charge in [-0.3, -0.25) is 0 Å². The lowest BCUT2D eigenvalue weighted by Crippen LogP contribution is -1.80. The van der Waals surface area contributed by atoms with E-state index in [1.54, 1.807) is 0 Å². The topological polar surface area (TPSA) is 58.7 Å². The summed E-state index contributed by atoms with van der Waals surface area (Å²) in [6.45, 7) is 1.09. The number of rotatable bonds is 2. The minimum Gasteiger partial charge on any atom is -0.303 e. The van der Waals surface area contributed by atoms with Gasteiger partial charge in [-0.2, -0.15) is 4.20 Å². The summed E-state index contributed by atoms with van der Waals surface area (Å²) < 4.78 is 78.5. The quantitative estimate of drug-likeness (QED) is 0.409. The maximum atomic E-state index is 13.5. The van der Waals surface area contributed by atoms with Crippen molar-refractivity contribution in [2.24, 2.45) is 18.1 Å². The van der Waals surface area contributed by atoms with Gasteiger partial charge in [0, 0.05) is 0 Å². The number of halogens is 5. The van der Waals surface area contributed by atoms with Gasteiger partial charge in [0.05, 0.1) is 6.61 Å². The minimum absolute atomic E-state index is 0.252. The summed E-state index contributed by atoms with van der Waals surface area (Å²) in [7, 11) is -16.5. The Morgan fingerprint density at radius 2 is 1.69 bits per heavy atom. The van der Waals surface area contributed by atoms with E-state index in [4.69, 9.17) is 0 Å². The van der Waals surface area contributed by atoms with Crippen molar-refractivity contribution in [1.82, 2.24) is 0 Å². The molecule has 0 spiro atoms. The molecule has 94 valence electrons. The Morgan fingerprint density at radius 1 is 1.06 bits per heavy atom. The first-order valence-electron chi connectivity index (χ1n) is 3.62. The van der Waals surface area contributed by atoms with Crippen molar-refractivity contribution in [3.63, 3.8) is 0 Å². The van der Waals surface area contributed by atoms with E-state index >= 15 is 0 Å². The summed E-state index contributed by atoms with van der Waals surface area (Å²) >= 11 is 0. The van der Waals surface area contributed by atoms with Gasteiger partial charge in [-0.15, -0.1) is 34.8 Å². The Hall–Kier alpha value is 0.400. The van der Waals surface area contributed by atoms with E-state index in [-0.39, 0.29) is 6.61 Å². The molecule has 0 radical (unpaired) electrons. The Balaban J connectivity index is 3.34. The molecule has 0 aromatic carbocycles. The Morgan fingerprint density at radius 3 is 2.25 bits per heavy atom. The zero-order valence-corrected chi connectivity index (χ0v) is 11.2. The van der Waals surface area contributed by atoms with Crippen LogP contribution in [0.25, 0.3) is 0 Å². The molecule has 1 aliphatic heterocycles. The van der Waals surface area contributed by atoms with Crippen LogP contribution in [0.5, 0.6) is 0 Å². The summed E-state index contributed by atoms with van der Waals surface area (Å²) in [5.74, 6) is 0. The van der Waals surface area contributed by atoms with Crippen molar-refractivity contribution < 1.29 is 25.5 Å². The second-order valence-electron chi connectivity index (χ2n) is 2.25. The zero-order chi connectivity index (χ0) is 12.4. The van der Waals surface area contributed by atoms with Gasteiger partial charge in [-0.05, 0) is 6.92 Å². The first-order chi connectivity index (χ1) is 7.18. The minimum atomic E-state index is -5.77. The molecule has 0 amide bonds. The molecule has 0 saturated carbocycles. The maximum absolute atomic E-state index is 13.5. The summed E-state index contributed by atoms with van der Waals surface area (Å²) in [6.07, 6.45) is 0. The van der Waals surface area contributed by atoms with Crippen LogP contribution < -0.4 is 0 Å². The normalized spacial score (nSPS) is 32.6. The molecule has 0 N–H and O–H groups in total. The van der Waals surface area contributed by atoms with Gasteiger partial charge in [-0.1, -0.05) is 0 Å². The Bertz CT molecular complexity index is 461. The second-order valence-corrected chi connectivity index (χ2v) is 8.32. The van der Waals surface area contributed by atoms with Crippen LogP contribution in [0.2, 0.25) is 0 Å². The van der Waals surface area contributed by atoms with Crippen LogP contribution >= 0.6 is 31.9 Å². The first-order valence-corrected chi connectivity index (χ1v) is 8.88. The number of nitrogens with zero attached hydrogens (tertiary/aromatic N) is 4. The largest absolute Gasteiger partial charge is 0.426 e. The van der Waals surface area contributed by atoms with Crippen molar-refractivity contribution in [3.05, 3.63) is 0 Å². The fourth-order valence-corrected chi connectivity index (χ4v) is 6.13. The fraction of sp³-hybridized carbons (Fsp3) is 1.00. The highest BCUT2D eigenvalue weighted by Crippen LogP contribution is 2.76. The summed E-state index contributed by atoms with van der Waals surface area (Å²) in [4.78, 5) is 0. The van der Waals surface area contributed by atoms with Crippen molar-refractivity contribution in [2.45, 2.75) is 6.92 Å². The van der Waals surface area contributed by atoms with Crippen LogP contribution in [0, 0.1) is 0 Å². The smallest absolute Gasteiger partial charge is 0.303 e. The van der Waals surface area contributed by atoms with Crippen LogP contribution in [-0.2, 0) is 4.52 Å². The number of hydrogen-bond acceptors (Lipinski definition) is 5. The highest BCUT2D eigenvalue weighted by atomic mass is 31.3. The lowest BCUT2D eigenvalue weighted by atomic mass is 10.9. The molecule has 0 aromatic heterocycles. The second kappa shape index (κ2) is 4.95. The van der Waals surface area contributed by atoms with E-state index in [1.165, 1.54) is 6.92 Å². The van der Waals surface area contributed by atoms with Crippen molar-refractivity contribution in [3.8, 4) is 0 Å². The van der Waals surface area contributed by atoms with Gasteiger partial charge in [0.15, 0.2) is 8.52 Å². The molecule has 0 fully saturated rings. The van der Waals surface area contributed by atoms with Crippen LogP contribution in [0.3, 0.4) is 0 Å². The average Bonchev–Trinajstić information content (AvgIpc) is 1.97. The predicted molar refractivity (Wildman–Crippen MR) is 54.6 cm³/mol. The molecule has 5 nitrogen and oxygen atoms in total. The van der Waals surface area contributed by atoms with Crippen molar-refractivity contribution in [2.75, 3.05) is 6.61 Å². The van der Waals surface area contributed by atoms with Crippen molar-refractivity contribution in [1.29, 1.82) is 0 Å². The summed E-state index contributed by atoms with van der Waals surface area (Å²) in [5, 5.41) is 0. The van der Waals surface area contributed by atoms with E-state index < -0.39 is 31.9 Å². The lowest BCUT2D eigenvalue weighted by molar-refractivity contribution is 0.348. The van der Waals surface area contributed by atoms with Gasteiger partial charge < -0.3 is 4.52 Å². The predicted octanol–water partition coefficient (Wildman–Crippen LogP) is 6.77. The molecule has 1 unspecified atom stereocenters. The van der Waals surface area contributed by atoms with Crippen LogP contribution in [-0.4, -0.2) is 6.61 Å². The van der Waals surface area contributed by atoms with Gasteiger partial charge in [0.2, 0.25) is 0 Å². The van der Waals surface area contributed by atoms with Crippen LogP contribution in [0.4, 0.5) is 21.0 Å². The summed E-state index contributed by atoms with van der Waals surface area (Å²) in [5.41, 5.74) is 0. The van der Waals surface area contributed by atoms with Crippen molar-refractivity contribution >= 4 is 31.9 Å². The third kappa shape index (κ3) is 4.34. The molecule has 0 aliphatic carbocycles. The Labute approximate surface area is 89.8 Å². The van der Waals surface area contributed by atoms with E-state index in [1.807, 2.05) is 4.52 Å². The van der Waals surface area contributed by atoms with E-state index in [0.717, 1.165) is 0 Å². The van der Waals surface area contributed by atoms with E-state index in [9.17, 15) is 21.0 Å². The molecule has 1 aliphatic rings. The molecular formula is C2H5F5N4OP4. The molecule has 14 heteroatoms. The fourth-order valence-electron chi connectivity index (χ4n) is 0.647. The van der Waals surface area contributed by atoms with Crippen LogP contribution in [0.1, 0.15) is 6.92 Å². The Kier molecular flexibility index (Phi) is 4.47. The third-order valence-electron chi connectivity index (χ3n) is 1.02. The monoisotopic (exact) mass is 320 g/mol. The molecule has 1 rings (SSSR count). The van der Waals surface area contributed by atoms with Gasteiger partial charge in [-0.25, -0.2) is 0 Å². The molecule has 16 heavy (non-hydrogen) atoms. The maximum Gasteiger partial charge on any atom is 0.426 e. The van der Waals surface area contributed by atoms with E-state index in [0.29, 0.717) is 0 Å². The molecule has 1 heterocycles.